The van der Waals surface area contributed by atoms with Gasteiger partial charge in [0.2, 0.25) is 0 Å². The molecule has 0 bridgehead atoms. The SMILES string of the molecule is CC(C)C(C(=O)O)N(CCC(=O)O)C(C)C. The number of aliphatic carboxylic acids is 2. The number of carboxylic acid groups (broad SMARTS) is 2. The van der Waals surface area contributed by atoms with Crippen molar-refractivity contribution in [3.63, 3.8) is 0 Å². The second-order valence-electron chi connectivity index (χ2n) is 4.50. The van der Waals surface area contributed by atoms with E-state index in [-0.39, 0.29) is 24.9 Å². The van der Waals surface area contributed by atoms with E-state index in [1.54, 1.807) is 4.90 Å². The smallest absolute Gasteiger partial charge is 0.321 e. The van der Waals surface area contributed by atoms with E-state index in [0.717, 1.165) is 0 Å². The van der Waals surface area contributed by atoms with Gasteiger partial charge in [0.1, 0.15) is 6.04 Å². The van der Waals surface area contributed by atoms with Crippen LogP contribution in [0.1, 0.15) is 34.1 Å². The summed E-state index contributed by atoms with van der Waals surface area (Å²) < 4.78 is 0. The standard InChI is InChI=1S/C11H21NO4/c1-7(2)10(11(15)16)12(8(3)4)6-5-9(13)14/h7-8,10H,5-6H2,1-4H3,(H,13,14)(H,15,16). The number of carbonyl (C=O) groups is 2. The first-order valence-corrected chi connectivity index (χ1v) is 5.47. The summed E-state index contributed by atoms with van der Waals surface area (Å²) in [7, 11) is 0. The monoisotopic (exact) mass is 231 g/mol. The maximum atomic E-state index is 11.1. The molecule has 0 aromatic carbocycles. The van der Waals surface area contributed by atoms with Crippen molar-refractivity contribution in [3.8, 4) is 0 Å². The molecule has 16 heavy (non-hydrogen) atoms. The van der Waals surface area contributed by atoms with Gasteiger partial charge < -0.3 is 10.2 Å². The Kier molecular flexibility index (Phi) is 6.03. The molecule has 5 heteroatoms. The Bertz CT molecular complexity index is 250. The lowest BCUT2D eigenvalue weighted by Gasteiger charge is -2.34. The quantitative estimate of drug-likeness (QED) is 0.690. The van der Waals surface area contributed by atoms with E-state index in [0.29, 0.717) is 0 Å². The molecule has 1 unspecified atom stereocenters. The molecule has 94 valence electrons. The van der Waals surface area contributed by atoms with E-state index in [1.165, 1.54) is 0 Å². The number of carboxylic acids is 2. The molecular weight excluding hydrogens is 210 g/mol. The third kappa shape index (κ3) is 4.61. The van der Waals surface area contributed by atoms with Gasteiger partial charge in [0.15, 0.2) is 0 Å². The molecule has 0 heterocycles. The third-order valence-electron chi connectivity index (χ3n) is 2.49. The van der Waals surface area contributed by atoms with Crippen LogP contribution in [0.5, 0.6) is 0 Å². The second-order valence-corrected chi connectivity index (χ2v) is 4.50. The average molecular weight is 231 g/mol. The maximum Gasteiger partial charge on any atom is 0.321 e. The van der Waals surface area contributed by atoms with E-state index < -0.39 is 18.0 Å². The van der Waals surface area contributed by atoms with Gasteiger partial charge in [-0.25, -0.2) is 0 Å². The first-order valence-electron chi connectivity index (χ1n) is 5.47. The zero-order valence-corrected chi connectivity index (χ0v) is 10.3. The fraction of sp³-hybridized carbons (Fsp3) is 0.818. The third-order valence-corrected chi connectivity index (χ3v) is 2.49. The van der Waals surface area contributed by atoms with Gasteiger partial charge in [-0.2, -0.15) is 0 Å². The van der Waals surface area contributed by atoms with E-state index >= 15 is 0 Å². The van der Waals surface area contributed by atoms with Crippen molar-refractivity contribution in [1.29, 1.82) is 0 Å². The summed E-state index contributed by atoms with van der Waals surface area (Å²) in [5.41, 5.74) is 0. The fourth-order valence-corrected chi connectivity index (χ4v) is 1.75. The Balaban J connectivity index is 4.71. The van der Waals surface area contributed by atoms with Crippen molar-refractivity contribution >= 4 is 11.9 Å². The summed E-state index contributed by atoms with van der Waals surface area (Å²) in [5, 5.41) is 17.8. The maximum absolute atomic E-state index is 11.1. The summed E-state index contributed by atoms with van der Waals surface area (Å²) in [6.45, 7) is 7.67. The highest BCUT2D eigenvalue weighted by Crippen LogP contribution is 2.15. The van der Waals surface area contributed by atoms with Gasteiger partial charge >= 0.3 is 11.9 Å². The van der Waals surface area contributed by atoms with Crippen molar-refractivity contribution in [2.24, 2.45) is 5.92 Å². The highest BCUT2D eigenvalue weighted by molar-refractivity contribution is 5.74. The molecule has 0 saturated heterocycles. The van der Waals surface area contributed by atoms with Crippen LogP contribution in [0.15, 0.2) is 0 Å². The number of rotatable bonds is 7. The van der Waals surface area contributed by atoms with Gasteiger partial charge in [-0.1, -0.05) is 13.8 Å². The topological polar surface area (TPSA) is 77.8 Å². The van der Waals surface area contributed by atoms with Gasteiger partial charge in [-0.15, -0.1) is 0 Å². The largest absolute Gasteiger partial charge is 0.481 e. The summed E-state index contributed by atoms with van der Waals surface area (Å²) in [6.07, 6.45) is -0.0331. The molecule has 0 aromatic rings. The molecule has 0 fully saturated rings. The van der Waals surface area contributed by atoms with E-state index in [4.69, 9.17) is 10.2 Å². The minimum atomic E-state index is -0.904. The molecular formula is C11H21NO4. The highest BCUT2D eigenvalue weighted by Gasteiger charge is 2.30. The van der Waals surface area contributed by atoms with Crippen LogP contribution in [-0.4, -0.2) is 45.7 Å². The molecule has 0 aliphatic rings. The van der Waals surface area contributed by atoms with Crippen LogP contribution in [0.25, 0.3) is 0 Å². The van der Waals surface area contributed by atoms with Crippen LogP contribution in [-0.2, 0) is 9.59 Å². The molecule has 0 spiro atoms. The zero-order chi connectivity index (χ0) is 12.9. The lowest BCUT2D eigenvalue weighted by molar-refractivity contribution is -0.147. The van der Waals surface area contributed by atoms with Crippen LogP contribution in [0.2, 0.25) is 0 Å². The van der Waals surface area contributed by atoms with Crippen LogP contribution < -0.4 is 0 Å². The van der Waals surface area contributed by atoms with E-state index in [2.05, 4.69) is 0 Å². The van der Waals surface area contributed by atoms with Crippen LogP contribution in [0, 0.1) is 5.92 Å². The Morgan fingerprint density at radius 2 is 1.62 bits per heavy atom. The Hall–Kier alpha value is -1.10. The van der Waals surface area contributed by atoms with Gasteiger partial charge in [-0.3, -0.25) is 14.5 Å². The molecule has 0 rings (SSSR count). The zero-order valence-electron chi connectivity index (χ0n) is 10.3. The van der Waals surface area contributed by atoms with E-state index in [1.807, 2.05) is 27.7 Å². The summed E-state index contributed by atoms with van der Waals surface area (Å²) in [6, 6.07) is -0.609. The van der Waals surface area contributed by atoms with Gasteiger partial charge in [-0.05, 0) is 19.8 Å². The van der Waals surface area contributed by atoms with Crippen LogP contribution in [0.3, 0.4) is 0 Å². The van der Waals surface area contributed by atoms with Crippen LogP contribution >= 0.6 is 0 Å². The number of nitrogens with zero attached hydrogens (tertiary/aromatic N) is 1. The Morgan fingerprint density at radius 3 is 1.88 bits per heavy atom. The second kappa shape index (κ2) is 6.48. The predicted molar refractivity (Wildman–Crippen MR) is 60.4 cm³/mol. The van der Waals surface area contributed by atoms with E-state index in [9.17, 15) is 9.59 Å². The molecule has 1 atom stereocenters. The molecule has 2 N–H and O–H groups in total. The van der Waals surface area contributed by atoms with Crippen molar-refractivity contribution < 1.29 is 19.8 Å². The van der Waals surface area contributed by atoms with Crippen molar-refractivity contribution in [2.75, 3.05) is 6.54 Å². The lowest BCUT2D eigenvalue weighted by Crippen LogP contribution is -2.49. The van der Waals surface area contributed by atoms with Crippen LogP contribution in [0.4, 0.5) is 0 Å². The minimum absolute atomic E-state index is 0.0165. The van der Waals surface area contributed by atoms with Crippen molar-refractivity contribution in [1.82, 2.24) is 4.90 Å². The number of hydrogen-bond acceptors (Lipinski definition) is 3. The molecule has 5 nitrogen and oxygen atoms in total. The lowest BCUT2D eigenvalue weighted by atomic mass is 10.0. The fourth-order valence-electron chi connectivity index (χ4n) is 1.75. The molecule has 0 aliphatic carbocycles. The average Bonchev–Trinajstić information content (AvgIpc) is 2.09. The highest BCUT2D eigenvalue weighted by atomic mass is 16.4. The molecule has 0 aromatic heterocycles. The molecule has 0 amide bonds. The number of hydrogen-bond donors (Lipinski definition) is 2. The summed E-state index contributed by atoms with van der Waals surface area (Å²) in [5.74, 6) is -1.85. The normalized spacial score (nSPS) is 13.4. The van der Waals surface area contributed by atoms with Crippen molar-refractivity contribution in [2.45, 2.75) is 46.2 Å². The van der Waals surface area contributed by atoms with Crippen molar-refractivity contribution in [3.05, 3.63) is 0 Å². The van der Waals surface area contributed by atoms with Gasteiger partial charge in [0, 0.05) is 12.6 Å². The predicted octanol–water partition coefficient (Wildman–Crippen LogP) is 1.28. The Morgan fingerprint density at radius 1 is 1.12 bits per heavy atom. The first kappa shape index (κ1) is 14.9. The van der Waals surface area contributed by atoms with Gasteiger partial charge in [0.05, 0.1) is 6.42 Å². The molecule has 0 radical (unpaired) electrons. The summed E-state index contributed by atoms with van der Waals surface area (Å²) >= 11 is 0. The summed E-state index contributed by atoms with van der Waals surface area (Å²) in [4.78, 5) is 23.4. The first-order chi connectivity index (χ1) is 7.27. The Labute approximate surface area is 96.1 Å². The molecule has 0 aliphatic heterocycles. The minimum Gasteiger partial charge on any atom is -0.481 e. The molecule has 0 saturated carbocycles. The van der Waals surface area contributed by atoms with Gasteiger partial charge in [0.25, 0.3) is 0 Å².